The minimum absolute atomic E-state index is 0.298. The molecule has 4 aromatic rings. The fraction of sp³-hybridized carbons (Fsp3) is 0.182. The van der Waals surface area contributed by atoms with E-state index in [4.69, 9.17) is 11.6 Å². The normalized spacial score (nSPS) is 10.9. The van der Waals surface area contributed by atoms with Crippen LogP contribution < -0.4 is 10.6 Å². The molecule has 0 atom stereocenters. The van der Waals surface area contributed by atoms with E-state index in [9.17, 15) is 9.59 Å². The summed E-state index contributed by atoms with van der Waals surface area (Å²) in [6.07, 6.45) is 0.520. The van der Waals surface area contributed by atoms with Crippen LogP contribution in [-0.2, 0) is 16.0 Å². The lowest BCUT2D eigenvalue weighted by Crippen LogP contribution is -2.36. The van der Waals surface area contributed by atoms with Crippen LogP contribution in [0.3, 0.4) is 0 Å². The Morgan fingerprint density at radius 3 is 2.77 bits per heavy atom. The monoisotopic (exact) mass is 453 g/mol. The molecule has 0 saturated heterocycles. The third-order valence-electron chi connectivity index (χ3n) is 4.75. The van der Waals surface area contributed by atoms with Crippen LogP contribution in [0.2, 0.25) is 5.02 Å². The molecule has 4 rings (SSSR count). The van der Waals surface area contributed by atoms with Crippen molar-refractivity contribution in [2.75, 3.05) is 11.9 Å². The van der Waals surface area contributed by atoms with E-state index in [2.05, 4.69) is 20.7 Å². The van der Waals surface area contributed by atoms with E-state index in [0.717, 1.165) is 27.3 Å². The number of aromatic nitrogens is 3. The number of hydrogen-bond acceptors (Lipinski definition) is 5. The van der Waals surface area contributed by atoms with Crippen LogP contribution in [0.5, 0.6) is 0 Å². The number of benzene rings is 2. The largest absolute Gasteiger partial charge is 0.347 e. The maximum Gasteiger partial charge on any atom is 0.313 e. The van der Waals surface area contributed by atoms with Gasteiger partial charge in [0.25, 0.3) is 0 Å². The number of anilines is 1. The highest BCUT2D eigenvalue weighted by molar-refractivity contribution is 7.15. The van der Waals surface area contributed by atoms with Gasteiger partial charge in [-0.2, -0.15) is 4.98 Å². The summed E-state index contributed by atoms with van der Waals surface area (Å²) in [4.78, 5) is 29.7. The maximum absolute atomic E-state index is 12.2. The van der Waals surface area contributed by atoms with Gasteiger partial charge < -0.3 is 10.6 Å². The predicted molar refractivity (Wildman–Crippen MR) is 123 cm³/mol. The van der Waals surface area contributed by atoms with E-state index in [0.29, 0.717) is 29.5 Å². The Balaban J connectivity index is 1.37. The highest BCUT2D eigenvalue weighted by atomic mass is 35.5. The summed E-state index contributed by atoms with van der Waals surface area (Å²) >= 11 is 7.44. The number of rotatable bonds is 5. The van der Waals surface area contributed by atoms with Crippen LogP contribution in [0, 0.1) is 13.8 Å². The standard InChI is InChI=1S/C22H20ClN5O2S/c1-13-4-3-5-15(10-13)19-26-22-28(27-19)17(12-31-22)8-9-24-20(29)21(30)25-18-11-16(23)7-6-14(18)2/h3-7,10-12H,8-9H2,1-2H3,(H,24,29)(H,25,30). The summed E-state index contributed by atoms with van der Waals surface area (Å²) in [6, 6.07) is 13.1. The van der Waals surface area contributed by atoms with E-state index >= 15 is 0 Å². The molecule has 0 aliphatic rings. The zero-order chi connectivity index (χ0) is 22.0. The van der Waals surface area contributed by atoms with Crippen molar-refractivity contribution in [2.24, 2.45) is 0 Å². The van der Waals surface area contributed by atoms with Crippen LogP contribution in [0.15, 0.2) is 47.8 Å². The number of nitrogens with zero attached hydrogens (tertiary/aromatic N) is 3. The summed E-state index contributed by atoms with van der Waals surface area (Å²) in [5.41, 5.74) is 4.35. The predicted octanol–water partition coefficient (Wildman–Crippen LogP) is 4.03. The number of carbonyl (C=O) groups is 2. The Morgan fingerprint density at radius 2 is 1.97 bits per heavy atom. The van der Waals surface area contributed by atoms with Crippen molar-refractivity contribution in [3.8, 4) is 11.4 Å². The highest BCUT2D eigenvalue weighted by Gasteiger charge is 2.16. The van der Waals surface area contributed by atoms with Crippen molar-refractivity contribution in [3.63, 3.8) is 0 Å². The summed E-state index contributed by atoms with van der Waals surface area (Å²) in [7, 11) is 0. The molecular weight excluding hydrogens is 434 g/mol. The van der Waals surface area contributed by atoms with Gasteiger partial charge in [-0.3, -0.25) is 9.59 Å². The first-order valence-corrected chi connectivity index (χ1v) is 10.9. The van der Waals surface area contributed by atoms with Crippen molar-refractivity contribution in [1.82, 2.24) is 19.9 Å². The second-order valence-corrected chi connectivity index (χ2v) is 8.42. The second kappa shape index (κ2) is 8.87. The summed E-state index contributed by atoms with van der Waals surface area (Å²) < 4.78 is 1.78. The molecule has 7 nitrogen and oxygen atoms in total. The molecule has 0 spiro atoms. The highest BCUT2D eigenvalue weighted by Crippen LogP contribution is 2.22. The summed E-state index contributed by atoms with van der Waals surface area (Å²) in [5, 5.41) is 12.3. The SMILES string of the molecule is Cc1cccc(-c2nc3scc(CCNC(=O)C(=O)Nc4cc(Cl)ccc4C)n3n2)c1. The van der Waals surface area contributed by atoms with Gasteiger partial charge in [0.15, 0.2) is 5.82 Å². The number of halogens is 1. The first kappa shape index (κ1) is 21.0. The quantitative estimate of drug-likeness (QED) is 0.446. The summed E-state index contributed by atoms with van der Waals surface area (Å²) in [6.45, 7) is 4.15. The molecule has 31 heavy (non-hydrogen) atoms. The Hall–Kier alpha value is -3.23. The molecule has 2 N–H and O–H groups in total. The van der Waals surface area contributed by atoms with Crippen molar-refractivity contribution < 1.29 is 9.59 Å². The van der Waals surface area contributed by atoms with Gasteiger partial charge in [0, 0.05) is 34.6 Å². The van der Waals surface area contributed by atoms with E-state index in [-0.39, 0.29) is 0 Å². The van der Waals surface area contributed by atoms with Gasteiger partial charge >= 0.3 is 11.8 Å². The van der Waals surface area contributed by atoms with Gasteiger partial charge in [0.05, 0.1) is 5.69 Å². The molecule has 158 valence electrons. The van der Waals surface area contributed by atoms with E-state index in [1.165, 1.54) is 11.3 Å². The van der Waals surface area contributed by atoms with Crippen molar-refractivity contribution >= 4 is 45.4 Å². The number of thiazole rings is 1. The van der Waals surface area contributed by atoms with E-state index in [1.807, 2.05) is 43.5 Å². The third-order valence-corrected chi connectivity index (χ3v) is 5.85. The van der Waals surface area contributed by atoms with Crippen LogP contribution >= 0.6 is 22.9 Å². The van der Waals surface area contributed by atoms with Gasteiger partial charge in [0.2, 0.25) is 4.96 Å². The lowest BCUT2D eigenvalue weighted by Gasteiger charge is -2.09. The Bertz CT molecular complexity index is 1280. The number of amides is 2. The minimum Gasteiger partial charge on any atom is -0.347 e. The van der Waals surface area contributed by atoms with Gasteiger partial charge in [-0.05, 0) is 37.6 Å². The zero-order valence-electron chi connectivity index (χ0n) is 17.0. The Morgan fingerprint density at radius 1 is 1.13 bits per heavy atom. The van der Waals surface area contributed by atoms with Crippen molar-refractivity contribution in [3.05, 3.63) is 69.7 Å². The minimum atomic E-state index is -0.733. The molecule has 0 fully saturated rings. The molecule has 0 saturated carbocycles. The van der Waals surface area contributed by atoms with Crippen LogP contribution in [0.25, 0.3) is 16.3 Å². The molecule has 2 aromatic carbocycles. The van der Waals surface area contributed by atoms with Gasteiger partial charge in [-0.15, -0.1) is 16.4 Å². The second-order valence-electron chi connectivity index (χ2n) is 7.15. The molecule has 0 aliphatic heterocycles. The fourth-order valence-electron chi connectivity index (χ4n) is 3.10. The van der Waals surface area contributed by atoms with Gasteiger partial charge in [-0.25, -0.2) is 4.52 Å². The molecule has 9 heteroatoms. The maximum atomic E-state index is 12.2. The Labute approximate surface area is 188 Å². The number of nitrogens with one attached hydrogen (secondary N) is 2. The molecule has 0 bridgehead atoms. The number of fused-ring (bicyclic) bond motifs is 1. The first-order valence-electron chi connectivity index (χ1n) is 9.66. The lowest BCUT2D eigenvalue weighted by atomic mass is 10.1. The Kier molecular flexibility index (Phi) is 6.01. The molecule has 0 radical (unpaired) electrons. The van der Waals surface area contributed by atoms with Gasteiger partial charge in [-0.1, -0.05) is 41.4 Å². The van der Waals surface area contributed by atoms with E-state index < -0.39 is 11.8 Å². The molecule has 0 unspecified atom stereocenters. The average molecular weight is 454 g/mol. The molecular formula is C22H20ClN5O2S. The number of hydrogen-bond donors (Lipinski definition) is 2. The third kappa shape index (κ3) is 4.76. The zero-order valence-corrected chi connectivity index (χ0v) is 18.5. The molecule has 0 aliphatic carbocycles. The van der Waals surface area contributed by atoms with Crippen LogP contribution in [-0.4, -0.2) is 33.0 Å². The fourth-order valence-corrected chi connectivity index (χ4v) is 4.12. The van der Waals surface area contributed by atoms with Crippen LogP contribution in [0.4, 0.5) is 5.69 Å². The molecule has 2 amide bonds. The smallest absolute Gasteiger partial charge is 0.313 e. The lowest BCUT2D eigenvalue weighted by molar-refractivity contribution is -0.136. The first-order chi connectivity index (χ1) is 14.9. The topological polar surface area (TPSA) is 88.4 Å². The molecule has 2 aromatic heterocycles. The number of aryl methyl sites for hydroxylation is 2. The average Bonchev–Trinajstić information content (AvgIpc) is 3.32. The van der Waals surface area contributed by atoms with Crippen LogP contribution in [0.1, 0.15) is 16.8 Å². The van der Waals surface area contributed by atoms with Crippen molar-refractivity contribution in [2.45, 2.75) is 20.3 Å². The van der Waals surface area contributed by atoms with Gasteiger partial charge in [0.1, 0.15) is 0 Å². The summed E-state index contributed by atoms with van der Waals surface area (Å²) in [5.74, 6) is -0.773. The number of carbonyl (C=O) groups excluding carboxylic acids is 2. The van der Waals surface area contributed by atoms with E-state index in [1.54, 1.807) is 22.7 Å². The van der Waals surface area contributed by atoms with Crippen molar-refractivity contribution in [1.29, 1.82) is 0 Å². The molecule has 2 heterocycles.